The lowest BCUT2D eigenvalue weighted by atomic mass is 9.82. The highest BCUT2D eigenvalue weighted by Crippen LogP contribution is 2.30. The van der Waals surface area contributed by atoms with Gasteiger partial charge in [0, 0.05) is 6.42 Å². The second-order valence-electron chi connectivity index (χ2n) is 4.20. The number of hydrogen-bond donors (Lipinski definition) is 0. The van der Waals surface area contributed by atoms with Gasteiger partial charge in [0.2, 0.25) is 0 Å². The van der Waals surface area contributed by atoms with Gasteiger partial charge in [0.05, 0.1) is 6.61 Å². The first-order valence-corrected chi connectivity index (χ1v) is 5.98. The van der Waals surface area contributed by atoms with Crippen LogP contribution in [0.3, 0.4) is 0 Å². The summed E-state index contributed by atoms with van der Waals surface area (Å²) in [5.41, 5.74) is 0. The van der Waals surface area contributed by atoms with E-state index in [0.717, 1.165) is 12.3 Å². The van der Waals surface area contributed by atoms with Crippen molar-refractivity contribution in [3.05, 3.63) is 0 Å². The highest BCUT2D eigenvalue weighted by molar-refractivity contribution is 5.69. The minimum atomic E-state index is -0.0313. The van der Waals surface area contributed by atoms with Gasteiger partial charge in [0.25, 0.3) is 0 Å². The van der Waals surface area contributed by atoms with E-state index >= 15 is 0 Å². The van der Waals surface area contributed by atoms with Gasteiger partial charge >= 0.3 is 5.97 Å². The maximum atomic E-state index is 11.0. The van der Waals surface area contributed by atoms with E-state index in [1.807, 2.05) is 6.92 Å². The van der Waals surface area contributed by atoms with Crippen LogP contribution in [0.2, 0.25) is 0 Å². The lowest BCUT2D eigenvalue weighted by Crippen LogP contribution is -2.10. The Morgan fingerprint density at radius 3 is 2.64 bits per heavy atom. The molecule has 0 aromatic rings. The molecule has 1 aliphatic rings. The van der Waals surface area contributed by atoms with Crippen molar-refractivity contribution in [3.8, 4) is 0 Å². The predicted octanol–water partition coefficient (Wildman–Crippen LogP) is 3.30. The summed E-state index contributed by atoms with van der Waals surface area (Å²) in [5.74, 6) is 0.980. The minimum absolute atomic E-state index is 0.0313. The Balaban J connectivity index is 1.81. The standard InChI is InChI=1S/C12H22O2/c1-2-14-12(13)10-5-3-4-7-11-8-6-9-11/h11H,2-10H2,1H3. The summed E-state index contributed by atoms with van der Waals surface area (Å²) in [6.45, 7) is 2.37. The van der Waals surface area contributed by atoms with Crippen LogP contribution in [0.1, 0.15) is 58.3 Å². The lowest BCUT2D eigenvalue weighted by molar-refractivity contribution is -0.143. The van der Waals surface area contributed by atoms with E-state index in [2.05, 4.69) is 0 Å². The monoisotopic (exact) mass is 198 g/mol. The molecule has 0 aromatic carbocycles. The Kier molecular flexibility index (Phi) is 5.65. The number of unbranched alkanes of at least 4 members (excludes halogenated alkanes) is 2. The van der Waals surface area contributed by atoms with Crippen LogP contribution in [0.4, 0.5) is 0 Å². The molecule has 0 saturated heterocycles. The van der Waals surface area contributed by atoms with E-state index in [9.17, 15) is 4.79 Å². The highest BCUT2D eigenvalue weighted by Gasteiger charge is 2.16. The third-order valence-electron chi connectivity index (χ3n) is 3.02. The number of carbonyl (C=O) groups excluding carboxylic acids is 1. The van der Waals surface area contributed by atoms with Crippen molar-refractivity contribution in [2.75, 3.05) is 6.61 Å². The van der Waals surface area contributed by atoms with Gasteiger partial charge in [-0.3, -0.25) is 4.79 Å². The average molecular weight is 198 g/mol. The molecule has 82 valence electrons. The van der Waals surface area contributed by atoms with Crippen LogP contribution in [0.15, 0.2) is 0 Å². The van der Waals surface area contributed by atoms with E-state index < -0.39 is 0 Å². The topological polar surface area (TPSA) is 26.3 Å². The van der Waals surface area contributed by atoms with Gasteiger partial charge in [-0.2, -0.15) is 0 Å². The summed E-state index contributed by atoms with van der Waals surface area (Å²) in [4.78, 5) is 11.0. The molecule has 0 radical (unpaired) electrons. The number of carbonyl (C=O) groups is 1. The van der Waals surface area contributed by atoms with Crippen LogP contribution in [0.25, 0.3) is 0 Å². The molecule has 0 atom stereocenters. The quantitative estimate of drug-likeness (QED) is 0.463. The summed E-state index contributed by atoms with van der Waals surface area (Å²) < 4.78 is 4.86. The molecule has 14 heavy (non-hydrogen) atoms. The van der Waals surface area contributed by atoms with Crippen LogP contribution in [-0.4, -0.2) is 12.6 Å². The average Bonchev–Trinajstić information content (AvgIpc) is 2.08. The Hall–Kier alpha value is -0.530. The first-order valence-electron chi connectivity index (χ1n) is 5.98. The number of rotatable bonds is 7. The highest BCUT2D eigenvalue weighted by atomic mass is 16.5. The normalized spacial score (nSPS) is 16.4. The van der Waals surface area contributed by atoms with Crippen LogP contribution in [0.5, 0.6) is 0 Å². The van der Waals surface area contributed by atoms with Crippen LogP contribution < -0.4 is 0 Å². The number of ether oxygens (including phenoxy) is 1. The van der Waals surface area contributed by atoms with E-state index in [1.165, 1.54) is 38.5 Å². The van der Waals surface area contributed by atoms with Crippen molar-refractivity contribution in [3.63, 3.8) is 0 Å². The Bertz CT molecular complexity index is 162. The van der Waals surface area contributed by atoms with Crippen molar-refractivity contribution in [1.82, 2.24) is 0 Å². The smallest absolute Gasteiger partial charge is 0.305 e. The molecule has 0 amide bonds. The molecule has 1 saturated carbocycles. The Labute approximate surface area is 87.0 Å². The molecule has 0 aromatic heterocycles. The Morgan fingerprint density at radius 2 is 2.07 bits per heavy atom. The van der Waals surface area contributed by atoms with E-state index in [0.29, 0.717) is 13.0 Å². The molecule has 2 nitrogen and oxygen atoms in total. The maximum absolute atomic E-state index is 11.0. The molecule has 1 aliphatic carbocycles. The first kappa shape index (κ1) is 11.5. The van der Waals surface area contributed by atoms with Crippen molar-refractivity contribution in [2.24, 2.45) is 5.92 Å². The summed E-state index contributed by atoms with van der Waals surface area (Å²) in [5, 5.41) is 0. The van der Waals surface area contributed by atoms with Gasteiger partial charge in [-0.25, -0.2) is 0 Å². The van der Waals surface area contributed by atoms with Crippen molar-refractivity contribution < 1.29 is 9.53 Å². The molecule has 0 N–H and O–H groups in total. The summed E-state index contributed by atoms with van der Waals surface area (Å²) in [6, 6.07) is 0. The van der Waals surface area contributed by atoms with Gasteiger partial charge in [-0.15, -0.1) is 0 Å². The molecular formula is C12H22O2. The number of esters is 1. The summed E-state index contributed by atoms with van der Waals surface area (Å²) in [7, 11) is 0. The van der Waals surface area contributed by atoms with Gasteiger partial charge in [-0.05, 0) is 19.3 Å². The zero-order chi connectivity index (χ0) is 10.2. The molecule has 1 rings (SSSR count). The van der Waals surface area contributed by atoms with E-state index in [4.69, 9.17) is 4.74 Å². The fraction of sp³-hybridized carbons (Fsp3) is 0.917. The van der Waals surface area contributed by atoms with Crippen LogP contribution in [0, 0.1) is 5.92 Å². The van der Waals surface area contributed by atoms with E-state index in [-0.39, 0.29) is 5.97 Å². The number of hydrogen-bond acceptors (Lipinski definition) is 2. The zero-order valence-electron chi connectivity index (χ0n) is 9.26. The van der Waals surface area contributed by atoms with Crippen molar-refractivity contribution in [1.29, 1.82) is 0 Å². The second kappa shape index (κ2) is 6.86. The zero-order valence-corrected chi connectivity index (χ0v) is 9.26. The molecule has 0 spiro atoms. The van der Waals surface area contributed by atoms with Crippen molar-refractivity contribution in [2.45, 2.75) is 58.3 Å². The molecule has 2 heteroatoms. The first-order chi connectivity index (χ1) is 6.83. The van der Waals surface area contributed by atoms with Gasteiger partial charge in [0.1, 0.15) is 0 Å². The third-order valence-corrected chi connectivity index (χ3v) is 3.02. The van der Waals surface area contributed by atoms with Crippen LogP contribution in [-0.2, 0) is 9.53 Å². The minimum Gasteiger partial charge on any atom is -0.466 e. The van der Waals surface area contributed by atoms with Gasteiger partial charge < -0.3 is 4.74 Å². The molecule has 0 bridgehead atoms. The third kappa shape index (κ3) is 4.64. The van der Waals surface area contributed by atoms with Gasteiger partial charge in [-0.1, -0.05) is 38.5 Å². The molecule has 0 heterocycles. The van der Waals surface area contributed by atoms with E-state index in [1.54, 1.807) is 0 Å². The summed E-state index contributed by atoms with van der Waals surface area (Å²) in [6.07, 6.45) is 9.80. The summed E-state index contributed by atoms with van der Waals surface area (Å²) >= 11 is 0. The molecular weight excluding hydrogens is 176 g/mol. The van der Waals surface area contributed by atoms with Crippen LogP contribution >= 0.6 is 0 Å². The lowest BCUT2D eigenvalue weighted by Gasteiger charge is -2.24. The van der Waals surface area contributed by atoms with Gasteiger partial charge in [0.15, 0.2) is 0 Å². The SMILES string of the molecule is CCOC(=O)CCCCCC1CCC1. The fourth-order valence-electron chi connectivity index (χ4n) is 1.89. The Morgan fingerprint density at radius 1 is 1.29 bits per heavy atom. The largest absolute Gasteiger partial charge is 0.466 e. The molecule has 0 unspecified atom stereocenters. The predicted molar refractivity (Wildman–Crippen MR) is 57.1 cm³/mol. The molecule has 1 fully saturated rings. The van der Waals surface area contributed by atoms with Crippen molar-refractivity contribution >= 4 is 5.97 Å². The maximum Gasteiger partial charge on any atom is 0.305 e. The fourth-order valence-corrected chi connectivity index (χ4v) is 1.89. The second-order valence-corrected chi connectivity index (χ2v) is 4.20. The molecule has 0 aliphatic heterocycles.